The minimum atomic E-state index is -0.527. The third kappa shape index (κ3) is 5.43. The van der Waals surface area contributed by atoms with E-state index in [0.29, 0.717) is 21.5 Å². The summed E-state index contributed by atoms with van der Waals surface area (Å²) in [4.78, 5) is 23.6. The summed E-state index contributed by atoms with van der Waals surface area (Å²) in [6.45, 7) is 3.22. The summed E-state index contributed by atoms with van der Waals surface area (Å²) in [5, 5.41) is 12.0. The summed E-state index contributed by atoms with van der Waals surface area (Å²) in [6.07, 6.45) is 1.42. The largest absolute Gasteiger partial charge is 0.493 e. The van der Waals surface area contributed by atoms with E-state index in [9.17, 15) is 14.9 Å². The second-order valence-corrected chi connectivity index (χ2v) is 6.47. The zero-order valence-electron chi connectivity index (χ0n) is 15.0. The van der Waals surface area contributed by atoms with Crippen molar-refractivity contribution in [3.8, 4) is 17.6 Å². The molecule has 0 aliphatic carbocycles. The van der Waals surface area contributed by atoms with E-state index in [1.807, 2.05) is 25.1 Å². The molecule has 1 amide bonds. The first-order valence-corrected chi connectivity index (χ1v) is 8.69. The first kappa shape index (κ1) is 20.2. The molecule has 138 valence electrons. The molecule has 0 spiro atoms. The van der Waals surface area contributed by atoms with Gasteiger partial charge in [-0.2, -0.15) is 5.26 Å². The monoisotopic (exact) mass is 428 g/mol. The van der Waals surface area contributed by atoms with Crippen LogP contribution >= 0.6 is 15.9 Å². The van der Waals surface area contributed by atoms with E-state index in [-0.39, 0.29) is 11.3 Å². The van der Waals surface area contributed by atoms with Gasteiger partial charge in [0.2, 0.25) is 0 Å². The molecule has 27 heavy (non-hydrogen) atoms. The molecule has 0 aliphatic heterocycles. The fourth-order valence-corrected chi connectivity index (χ4v) is 2.76. The summed E-state index contributed by atoms with van der Waals surface area (Å²) >= 11 is 3.31. The lowest BCUT2D eigenvalue weighted by Gasteiger charge is -2.11. The molecule has 0 aliphatic rings. The van der Waals surface area contributed by atoms with Crippen molar-refractivity contribution in [2.45, 2.75) is 13.8 Å². The molecule has 6 nitrogen and oxygen atoms in total. The minimum Gasteiger partial charge on any atom is -0.493 e. The highest BCUT2D eigenvalue weighted by Crippen LogP contribution is 2.37. The quantitative estimate of drug-likeness (QED) is 0.333. The van der Waals surface area contributed by atoms with Gasteiger partial charge in [0.25, 0.3) is 5.91 Å². The molecule has 2 rings (SSSR count). The molecule has 7 heteroatoms. The first-order chi connectivity index (χ1) is 12.8. The van der Waals surface area contributed by atoms with Gasteiger partial charge in [0.05, 0.1) is 11.6 Å². The lowest BCUT2D eigenvalue weighted by molar-refractivity contribution is -0.132. The number of rotatable bonds is 5. The van der Waals surface area contributed by atoms with E-state index in [1.54, 1.807) is 24.3 Å². The Kier molecular flexibility index (Phi) is 6.74. The third-order valence-electron chi connectivity index (χ3n) is 3.48. The summed E-state index contributed by atoms with van der Waals surface area (Å²) in [5.41, 5.74) is 2.11. The number of anilines is 1. The number of hydrogen-bond donors (Lipinski definition) is 1. The highest BCUT2D eigenvalue weighted by molar-refractivity contribution is 9.10. The summed E-state index contributed by atoms with van der Waals surface area (Å²) in [7, 11) is 1.43. The van der Waals surface area contributed by atoms with Crippen molar-refractivity contribution in [1.29, 1.82) is 5.26 Å². The van der Waals surface area contributed by atoms with Crippen molar-refractivity contribution in [3.63, 3.8) is 0 Å². The number of nitrogens with zero attached hydrogens (tertiary/aromatic N) is 1. The zero-order chi connectivity index (χ0) is 20.0. The number of hydrogen-bond acceptors (Lipinski definition) is 5. The van der Waals surface area contributed by atoms with Gasteiger partial charge in [-0.1, -0.05) is 17.7 Å². The van der Waals surface area contributed by atoms with Gasteiger partial charge in [0.1, 0.15) is 11.6 Å². The van der Waals surface area contributed by atoms with Crippen LogP contribution in [-0.4, -0.2) is 19.0 Å². The van der Waals surface area contributed by atoms with Crippen molar-refractivity contribution in [1.82, 2.24) is 0 Å². The van der Waals surface area contributed by atoms with Crippen LogP contribution in [-0.2, 0) is 9.59 Å². The van der Waals surface area contributed by atoms with Crippen LogP contribution in [0, 0.1) is 18.3 Å². The molecular weight excluding hydrogens is 412 g/mol. The fraction of sp³-hybridized carbons (Fsp3) is 0.150. The lowest BCUT2D eigenvalue weighted by atomic mass is 10.1. The van der Waals surface area contributed by atoms with Crippen LogP contribution in [0.25, 0.3) is 6.08 Å². The number of esters is 1. The van der Waals surface area contributed by atoms with Crippen LogP contribution in [0.4, 0.5) is 5.69 Å². The SMILES string of the molecule is COc1cc(/C=C(/C#N)C(=O)Nc2ccc(C)cc2)cc(Br)c1OC(C)=O. The maximum atomic E-state index is 12.4. The summed E-state index contributed by atoms with van der Waals surface area (Å²) in [6, 6.07) is 12.3. The number of methoxy groups -OCH3 is 1. The van der Waals surface area contributed by atoms with Crippen molar-refractivity contribution in [2.75, 3.05) is 12.4 Å². The van der Waals surface area contributed by atoms with E-state index < -0.39 is 11.9 Å². The summed E-state index contributed by atoms with van der Waals surface area (Å²) in [5.74, 6) is -0.500. The Morgan fingerprint density at radius 3 is 2.44 bits per heavy atom. The van der Waals surface area contributed by atoms with Gasteiger partial charge in [-0.05, 0) is 58.8 Å². The molecule has 2 aromatic rings. The highest BCUT2D eigenvalue weighted by Gasteiger charge is 2.15. The molecule has 0 bridgehead atoms. The van der Waals surface area contributed by atoms with Gasteiger partial charge in [0.15, 0.2) is 11.5 Å². The maximum absolute atomic E-state index is 12.4. The number of nitrogens with one attached hydrogen (secondary N) is 1. The molecule has 0 aromatic heterocycles. The smallest absolute Gasteiger partial charge is 0.308 e. The van der Waals surface area contributed by atoms with Gasteiger partial charge < -0.3 is 14.8 Å². The standard InChI is InChI=1S/C20H17BrN2O4/c1-12-4-6-16(7-5-12)23-20(25)15(11-22)8-14-9-17(21)19(27-13(2)24)18(10-14)26-3/h4-10H,1-3H3,(H,23,25)/b15-8-. The highest BCUT2D eigenvalue weighted by atomic mass is 79.9. The predicted molar refractivity (Wildman–Crippen MR) is 105 cm³/mol. The van der Waals surface area contributed by atoms with Crippen LogP contribution in [0.2, 0.25) is 0 Å². The normalized spacial score (nSPS) is 10.7. The zero-order valence-corrected chi connectivity index (χ0v) is 16.6. The summed E-state index contributed by atoms with van der Waals surface area (Å²) < 4.78 is 10.8. The van der Waals surface area contributed by atoms with Crippen molar-refractivity contribution in [3.05, 3.63) is 57.6 Å². The van der Waals surface area contributed by atoms with Crippen molar-refractivity contribution < 1.29 is 19.1 Å². The van der Waals surface area contributed by atoms with Crippen LogP contribution in [0.3, 0.4) is 0 Å². The Balaban J connectivity index is 2.32. The van der Waals surface area contributed by atoms with Gasteiger partial charge >= 0.3 is 5.97 Å². The van der Waals surface area contributed by atoms with Crippen molar-refractivity contribution in [2.24, 2.45) is 0 Å². The van der Waals surface area contributed by atoms with Gasteiger partial charge in [-0.3, -0.25) is 9.59 Å². The number of benzene rings is 2. The number of carbonyl (C=O) groups excluding carboxylic acids is 2. The second kappa shape index (κ2) is 9.01. The minimum absolute atomic E-state index is 0.0789. The van der Waals surface area contributed by atoms with E-state index in [2.05, 4.69) is 21.2 Å². The number of aryl methyl sites for hydroxylation is 1. The molecular formula is C20H17BrN2O4. The number of halogens is 1. The molecule has 0 saturated carbocycles. The maximum Gasteiger partial charge on any atom is 0.308 e. The van der Waals surface area contributed by atoms with Gasteiger partial charge in [0, 0.05) is 12.6 Å². The van der Waals surface area contributed by atoms with Gasteiger partial charge in [-0.25, -0.2) is 0 Å². The predicted octanol–water partition coefficient (Wildman–Crippen LogP) is 4.24. The molecule has 2 aromatic carbocycles. The van der Waals surface area contributed by atoms with Crippen LogP contribution < -0.4 is 14.8 Å². The number of amides is 1. The molecule has 0 fully saturated rings. The molecule has 0 radical (unpaired) electrons. The Morgan fingerprint density at radius 1 is 1.22 bits per heavy atom. The third-order valence-corrected chi connectivity index (χ3v) is 4.07. The van der Waals surface area contributed by atoms with E-state index >= 15 is 0 Å². The topological polar surface area (TPSA) is 88.4 Å². The Morgan fingerprint density at radius 2 is 1.89 bits per heavy atom. The van der Waals surface area contributed by atoms with E-state index in [0.717, 1.165) is 5.56 Å². The number of ether oxygens (including phenoxy) is 2. The number of nitriles is 1. The average Bonchev–Trinajstić information content (AvgIpc) is 2.63. The fourth-order valence-electron chi connectivity index (χ4n) is 2.22. The molecule has 0 saturated heterocycles. The van der Waals surface area contributed by atoms with Crippen molar-refractivity contribution >= 4 is 39.6 Å². The van der Waals surface area contributed by atoms with Crippen LogP contribution in [0.1, 0.15) is 18.1 Å². The molecule has 0 unspecified atom stereocenters. The Labute approximate surface area is 165 Å². The molecule has 0 atom stereocenters. The van der Waals surface area contributed by atoms with E-state index in [1.165, 1.54) is 20.1 Å². The average molecular weight is 429 g/mol. The van der Waals surface area contributed by atoms with Gasteiger partial charge in [-0.15, -0.1) is 0 Å². The molecule has 1 N–H and O–H groups in total. The molecule has 0 heterocycles. The number of carbonyl (C=O) groups is 2. The Bertz CT molecular complexity index is 944. The Hall–Kier alpha value is -3.11. The van der Waals surface area contributed by atoms with E-state index in [4.69, 9.17) is 9.47 Å². The lowest BCUT2D eigenvalue weighted by Crippen LogP contribution is -2.13. The van der Waals surface area contributed by atoms with Crippen LogP contribution in [0.5, 0.6) is 11.5 Å². The second-order valence-electron chi connectivity index (χ2n) is 5.62. The first-order valence-electron chi connectivity index (χ1n) is 7.89. The van der Waals surface area contributed by atoms with Crippen LogP contribution in [0.15, 0.2) is 46.4 Å².